The molecule has 1 amide bonds. The van der Waals surface area contributed by atoms with Gasteiger partial charge in [0.2, 0.25) is 11.1 Å². The van der Waals surface area contributed by atoms with Gasteiger partial charge in [-0.15, -0.1) is 5.10 Å². The van der Waals surface area contributed by atoms with Crippen molar-refractivity contribution in [2.24, 2.45) is 0 Å². The molecule has 4 rings (SSSR count). The molecule has 0 aliphatic carbocycles. The van der Waals surface area contributed by atoms with Gasteiger partial charge in [0, 0.05) is 23.8 Å². The number of ether oxygens (including phenoxy) is 1. The van der Waals surface area contributed by atoms with E-state index in [0.29, 0.717) is 28.1 Å². The lowest BCUT2D eigenvalue weighted by Crippen LogP contribution is -2.31. The van der Waals surface area contributed by atoms with Crippen LogP contribution >= 0.6 is 11.8 Å². The van der Waals surface area contributed by atoms with Crippen molar-refractivity contribution in [3.8, 4) is 5.75 Å². The number of nitrogens with one attached hydrogen (secondary N) is 2. The summed E-state index contributed by atoms with van der Waals surface area (Å²) in [6.07, 6.45) is 5.68. The summed E-state index contributed by atoms with van der Waals surface area (Å²) in [5.74, 6) is 1.92. The quantitative estimate of drug-likeness (QED) is 0.385. The summed E-state index contributed by atoms with van der Waals surface area (Å²) in [6, 6.07) is 10.7. The first kappa shape index (κ1) is 21.9. The molecule has 1 unspecified atom stereocenters. The lowest BCUT2D eigenvalue weighted by molar-refractivity contribution is -0.113. The van der Waals surface area contributed by atoms with Crippen LogP contribution in [0.2, 0.25) is 0 Å². The molecular formula is C23H26N6O2S. The first-order chi connectivity index (χ1) is 15.6. The number of thioether (sulfide) groups is 1. The molecule has 1 atom stereocenters. The molecule has 32 heavy (non-hydrogen) atoms. The van der Waals surface area contributed by atoms with E-state index in [2.05, 4.69) is 27.5 Å². The highest BCUT2D eigenvalue weighted by atomic mass is 32.2. The minimum absolute atomic E-state index is 0.241. The molecule has 0 saturated heterocycles. The number of hydrogen-bond acceptors (Lipinski definition) is 7. The van der Waals surface area contributed by atoms with E-state index >= 15 is 0 Å². The predicted octanol–water partition coefficient (Wildman–Crippen LogP) is 4.50. The van der Waals surface area contributed by atoms with Gasteiger partial charge < -0.3 is 15.4 Å². The van der Waals surface area contributed by atoms with E-state index in [1.165, 1.54) is 0 Å². The number of hydrogen-bond donors (Lipinski definition) is 2. The molecule has 1 aliphatic heterocycles. The summed E-state index contributed by atoms with van der Waals surface area (Å²) >= 11 is 1.62. The average Bonchev–Trinajstić information content (AvgIpc) is 3.21. The fourth-order valence-electron chi connectivity index (χ4n) is 3.58. The van der Waals surface area contributed by atoms with Gasteiger partial charge in [-0.2, -0.15) is 4.98 Å². The Hall–Kier alpha value is -3.33. The second-order valence-electron chi connectivity index (χ2n) is 7.37. The van der Waals surface area contributed by atoms with Gasteiger partial charge in [-0.05, 0) is 37.1 Å². The van der Waals surface area contributed by atoms with Crippen molar-refractivity contribution in [3.63, 3.8) is 0 Å². The zero-order chi connectivity index (χ0) is 22.5. The second kappa shape index (κ2) is 9.86. The topological polar surface area (TPSA) is 94.0 Å². The van der Waals surface area contributed by atoms with E-state index in [1.807, 2.05) is 43.3 Å². The third kappa shape index (κ3) is 4.47. The third-order valence-corrected chi connectivity index (χ3v) is 6.09. The molecule has 0 saturated carbocycles. The maximum absolute atomic E-state index is 13.5. The fourth-order valence-corrected chi connectivity index (χ4v) is 4.49. The molecule has 166 valence electrons. The maximum atomic E-state index is 13.5. The van der Waals surface area contributed by atoms with E-state index in [-0.39, 0.29) is 5.91 Å². The number of benzene rings is 1. The van der Waals surface area contributed by atoms with E-state index in [9.17, 15) is 4.79 Å². The third-order valence-electron chi connectivity index (χ3n) is 5.16. The van der Waals surface area contributed by atoms with Gasteiger partial charge in [-0.25, -0.2) is 4.68 Å². The smallest absolute Gasteiger partial charge is 0.255 e. The molecule has 1 aliphatic rings. The standard InChI is InChI=1S/C23H26N6O2S/c1-4-5-13-32-23-27-22-25-15(2)19(20(29(22)28-23)16-9-8-12-24-14-16)21(30)26-17-10-6-7-11-18(17)31-3/h6-12,14,20H,4-5,13H2,1-3H3,(H,26,30)(H,25,27,28). The van der Waals surface area contributed by atoms with Crippen LogP contribution in [0.5, 0.6) is 5.75 Å². The highest BCUT2D eigenvalue weighted by Gasteiger charge is 2.34. The first-order valence-corrected chi connectivity index (χ1v) is 11.5. The SMILES string of the molecule is CCCCSc1nc2n(n1)C(c1cccnc1)C(C(=O)Nc1ccccc1OC)=C(C)N2. The molecular weight excluding hydrogens is 424 g/mol. The molecule has 1 aromatic carbocycles. The number of nitrogens with zero attached hydrogens (tertiary/aromatic N) is 4. The molecule has 9 heteroatoms. The Morgan fingerprint density at radius 1 is 1.28 bits per heavy atom. The van der Waals surface area contributed by atoms with Crippen LogP contribution in [-0.4, -0.2) is 38.5 Å². The molecule has 3 aromatic rings. The van der Waals surface area contributed by atoms with Gasteiger partial charge in [0.15, 0.2) is 0 Å². The van der Waals surface area contributed by atoms with Crippen LogP contribution in [0, 0.1) is 0 Å². The van der Waals surface area contributed by atoms with Crippen molar-refractivity contribution >= 4 is 29.3 Å². The van der Waals surface area contributed by atoms with Crippen LogP contribution in [0.25, 0.3) is 0 Å². The summed E-state index contributed by atoms with van der Waals surface area (Å²) in [4.78, 5) is 22.4. The first-order valence-electron chi connectivity index (χ1n) is 10.5. The van der Waals surface area contributed by atoms with E-state index in [1.54, 1.807) is 35.9 Å². The number of para-hydroxylation sites is 2. The molecule has 3 heterocycles. The second-order valence-corrected chi connectivity index (χ2v) is 8.43. The van der Waals surface area contributed by atoms with Crippen LogP contribution in [0.3, 0.4) is 0 Å². The van der Waals surface area contributed by atoms with Gasteiger partial charge in [0.25, 0.3) is 5.91 Å². The fraction of sp³-hybridized carbons (Fsp3) is 0.304. The predicted molar refractivity (Wildman–Crippen MR) is 126 cm³/mol. The summed E-state index contributed by atoms with van der Waals surface area (Å²) < 4.78 is 7.16. The Morgan fingerprint density at radius 3 is 2.88 bits per heavy atom. The molecule has 2 N–H and O–H groups in total. The molecule has 0 fully saturated rings. The number of rotatable bonds is 8. The van der Waals surface area contributed by atoms with Crippen LogP contribution < -0.4 is 15.4 Å². The Bertz CT molecular complexity index is 1130. The number of amides is 1. The zero-order valence-electron chi connectivity index (χ0n) is 18.3. The number of allylic oxidation sites excluding steroid dienone is 1. The lowest BCUT2D eigenvalue weighted by atomic mass is 9.96. The molecule has 0 spiro atoms. The van der Waals surface area contributed by atoms with E-state index in [0.717, 1.165) is 29.9 Å². The maximum Gasteiger partial charge on any atom is 0.255 e. The van der Waals surface area contributed by atoms with Crippen LogP contribution in [0.1, 0.15) is 38.3 Å². The average molecular weight is 451 g/mol. The minimum atomic E-state index is -0.456. The molecule has 0 bridgehead atoms. The number of anilines is 2. The van der Waals surface area contributed by atoms with Gasteiger partial charge in [0.1, 0.15) is 11.8 Å². The summed E-state index contributed by atoms with van der Waals surface area (Å²) in [6.45, 7) is 4.04. The summed E-state index contributed by atoms with van der Waals surface area (Å²) in [7, 11) is 1.58. The number of fused-ring (bicyclic) bond motifs is 1. The van der Waals surface area contributed by atoms with Crippen LogP contribution in [-0.2, 0) is 4.79 Å². The number of unbranched alkanes of at least 4 members (excludes halogenated alkanes) is 1. The number of pyridine rings is 1. The van der Waals surface area contributed by atoms with Gasteiger partial charge in [-0.1, -0.05) is 43.3 Å². The normalized spacial score (nSPS) is 15.2. The largest absolute Gasteiger partial charge is 0.495 e. The monoisotopic (exact) mass is 450 g/mol. The number of methoxy groups -OCH3 is 1. The van der Waals surface area contributed by atoms with Crippen molar-refractivity contribution in [1.29, 1.82) is 0 Å². The highest BCUT2D eigenvalue weighted by molar-refractivity contribution is 7.99. The van der Waals surface area contributed by atoms with E-state index in [4.69, 9.17) is 9.84 Å². The Kier molecular flexibility index (Phi) is 6.75. The Labute approximate surface area is 191 Å². The number of carbonyl (C=O) groups excluding carboxylic acids is 1. The van der Waals surface area contributed by atoms with Crippen molar-refractivity contribution in [3.05, 3.63) is 65.6 Å². The van der Waals surface area contributed by atoms with E-state index < -0.39 is 6.04 Å². The summed E-state index contributed by atoms with van der Waals surface area (Å²) in [5, 5.41) is 11.7. The number of aromatic nitrogens is 4. The molecule has 2 aromatic heterocycles. The zero-order valence-corrected chi connectivity index (χ0v) is 19.1. The molecule has 8 nitrogen and oxygen atoms in total. The van der Waals surface area contributed by atoms with Gasteiger partial charge >= 0.3 is 0 Å². The Morgan fingerprint density at radius 2 is 2.12 bits per heavy atom. The van der Waals surface area contributed by atoms with Crippen LogP contribution in [0.15, 0.2) is 65.2 Å². The van der Waals surface area contributed by atoms with Gasteiger partial charge in [0.05, 0.1) is 18.4 Å². The van der Waals surface area contributed by atoms with Crippen molar-refractivity contribution < 1.29 is 9.53 Å². The minimum Gasteiger partial charge on any atom is -0.495 e. The highest BCUT2D eigenvalue weighted by Crippen LogP contribution is 2.37. The van der Waals surface area contributed by atoms with Crippen molar-refractivity contribution in [2.45, 2.75) is 37.9 Å². The van der Waals surface area contributed by atoms with Crippen molar-refractivity contribution in [2.75, 3.05) is 23.5 Å². The number of carbonyl (C=O) groups is 1. The molecule has 0 radical (unpaired) electrons. The van der Waals surface area contributed by atoms with Crippen LogP contribution in [0.4, 0.5) is 11.6 Å². The summed E-state index contributed by atoms with van der Waals surface area (Å²) in [5.41, 5.74) is 2.72. The Balaban J connectivity index is 1.71. The van der Waals surface area contributed by atoms with Gasteiger partial charge in [-0.3, -0.25) is 9.78 Å². The van der Waals surface area contributed by atoms with Crippen molar-refractivity contribution in [1.82, 2.24) is 19.7 Å². The lowest BCUT2D eigenvalue weighted by Gasteiger charge is -2.28.